The molecule has 2 aromatic rings. The molecule has 0 aromatic heterocycles. The van der Waals surface area contributed by atoms with Gasteiger partial charge in [0.2, 0.25) is 0 Å². The third-order valence-electron chi connectivity index (χ3n) is 4.25. The third-order valence-corrected chi connectivity index (χ3v) is 6.50. The molecule has 0 atom stereocenters. The van der Waals surface area contributed by atoms with Gasteiger partial charge in [0.25, 0.3) is 10.0 Å². The third kappa shape index (κ3) is 2.64. The van der Waals surface area contributed by atoms with E-state index in [0.29, 0.717) is 17.8 Å². The number of fused-ring (bicyclic) bond motifs is 1. The zero-order chi connectivity index (χ0) is 17.0. The maximum Gasteiger partial charge on any atom is 0.264 e. The molecule has 0 bridgehead atoms. The van der Waals surface area contributed by atoms with Gasteiger partial charge in [-0.25, -0.2) is 8.42 Å². The summed E-state index contributed by atoms with van der Waals surface area (Å²) in [4.78, 5) is 0.194. The van der Waals surface area contributed by atoms with Crippen molar-refractivity contribution in [1.82, 2.24) is 0 Å². The minimum absolute atomic E-state index is 0.0926. The van der Waals surface area contributed by atoms with E-state index in [9.17, 15) is 13.5 Å². The SMILES string of the molecule is Cc1cc(S(=O)(=O)N2CC(C)(C)c3cc(Br)ccc32)ccc1O. The van der Waals surface area contributed by atoms with E-state index in [1.807, 2.05) is 32.0 Å². The molecule has 6 heteroatoms. The van der Waals surface area contributed by atoms with Crippen molar-refractivity contribution in [2.45, 2.75) is 31.1 Å². The van der Waals surface area contributed by atoms with Gasteiger partial charge in [-0.3, -0.25) is 4.31 Å². The average Bonchev–Trinajstić information content (AvgIpc) is 2.74. The Balaban J connectivity index is 2.14. The molecular weight excluding hydrogens is 378 g/mol. The molecule has 2 aromatic carbocycles. The highest BCUT2D eigenvalue weighted by Gasteiger charge is 2.41. The van der Waals surface area contributed by atoms with Crippen molar-refractivity contribution in [1.29, 1.82) is 0 Å². The lowest BCUT2D eigenvalue weighted by Crippen LogP contribution is -2.34. The zero-order valence-corrected chi connectivity index (χ0v) is 15.6. The number of nitrogens with zero attached hydrogens (tertiary/aromatic N) is 1. The minimum Gasteiger partial charge on any atom is -0.508 e. The molecule has 0 fully saturated rings. The number of rotatable bonds is 2. The Kier molecular flexibility index (Phi) is 3.72. The van der Waals surface area contributed by atoms with Crippen molar-refractivity contribution in [3.05, 3.63) is 52.0 Å². The summed E-state index contributed by atoms with van der Waals surface area (Å²) in [5, 5.41) is 9.63. The Morgan fingerprint density at radius 3 is 2.52 bits per heavy atom. The van der Waals surface area contributed by atoms with Gasteiger partial charge >= 0.3 is 0 Å². The van der Waals surface area contributed by atoms with Gasteiger partial charge in [-0.05, 0) is 54.4 Å². The summed E-state index contributed by atoms with van der Waals surface area (Å²) in [6.45, 7) is 6.15. The molecule has 0 unspecified atom stereocenters. The largest absolute Gasteiger partial charge is 0.508 e. The molecule has 1 N–H and O–H groups in total. The van der Waals surface area contributed by atoms with Gasteiger partial charge in [-0.15, -0.1) is 0 Å². The summed E-state index contributed by atoms with van der Waals surface area (Å²) in [5.41, 5.74) is 1.99. The van der Waals surface area contributed by atoms with Crippen molar-refractivity contribution in [2.24, 2.45) is 0 Å². The van der Waals surface area contributed by atoms with Crippen molar-refractivity contribution in [2.75, 3.05) is 10.8 Å². The number of hydrogen-bond acceptors (Lipinski definition) is 3. The number of aromatic hydroxyl groups is 1. The molecular formula is C17H18BrNO3S. The second-order valence-corrected chi connectivity index (χ2v) is 9.28. The quantitative estimate of drug-likeness (QED) is 0.837. The highest BCUT2D eigenvalue weighted by molar-refractivity contribution is 9.10. The maximum atomic E-state index is 13.1. The molecule has 23 heavy (non-hydrogen) atoms. The van der Waals surface area contributed by atoms with E-state index in [1.165, 1.54) is 22.5 Å². The Morgan fingerprint density at radius 1 is 1.17 bits per heavy atom. The van der Waals surface area contributed by atoms with Crippen LogP contribution in [-0.2, 0) is 15.4 Å². The molecule has 1 heterocycles. The molecule has 0 radical (unpaired) electrons. The average molecular weight is 396 g/mol. The van der Waals surface area contributed by atoms with Gasteiger partial charge < -0.3 is 5.11 Å². The Hall–Kier alpha value is -1.53. The van der Waals surface area contributed by atoms with Crippen molar-refractivity contribution in [3.8, 4) is 5.75 Å². The molecule has 0 spiro atoms. The number of aryl methyl sites for hydroxylation is 1. The highest BCUT2D eigenvalue weighted by Crippen LogP contribution is 2.44. The first-order valence-electron chi connectivity index (χ1n) is 7.25. The molecule has 1 aliphatic rings. The number of benzene rings is 2. The van der Waals surface area contributed by atoms with Gasteiger partial charge in [-0.1, -0.05) is 29.8 Å². The smallest absolute Gasteiger partial charge is 0.264 e. The van der Waals surface area contributed by atoms with Crippen LogP contribution in [0.2, 0.25) is 0 Å². The number of phenols is 1. The van der Waals surface area contributed by atoms with Crippen LogP contribution in [0.15, 0.2) is 45.8 Å². The highest BCUT2D eigenvalue weighted by atomic mass is 79.9. The van der Waals surface area contributed by atoms with Gasteiger partial charge in [-0.2, -0.15) is 0 Å². The molecule has 0 saturated carbocycles. The fourth-order valence-corrected chi connectivity index (χ4v) is 5.02. The Labute approximate surface area is 144 Å². The summed E-state index contributed by atoms with van der Waals surface area (Å²) in [6, 6.07) is 10.0. The topological polar surface area (TPSA) is 57.6 Å². The number of halogens is 1. The number of hydrogen-bond donors (Lipinski definition) is 1. The van der Waals surface area contributed by atoms with Crippen molar-refractivity contribution < 1.29 is 13.5 Å². The fourth-order valence-electron chi connectivity index (χ4n) is 2.93. The first-order chi connectivity index (χ1) is 10.6. The van der Waals surface area contributed by atoms with Crippen LogP contribution in [0, 0.1) is 6.92 Å². The van der Waals surface area contributed by atoms with Crippen LogP contribution in [0.5, 0.6) is 5.75 Å². The standard InChI is InChI=1S/C17H18BrNO3S/c1-11-8-13(5-7-16(11)20)23(21,22)19-10-17(2,3)14-9-12(18)4-6-15(14)19/h4-9,20H,10H2,1-3H3. The summed E-state index contributed by atoms with van der Waals surface area (Å²) in [6.07, 6.45) is 0. The maximum absolute atomic E-state index is 13.1. The van der Waals surface area contributed by atoms with Crippen LogP contribution in [-0.4, -0.2) is 20.1 Å². The van der Waals surface area contributed by atoms with Crippen LogP contribution < -0.4 is 4.31 Å². The van der Waals surface area contributed by atoms with Crippen molar-refractivity contribution >= 4 is 31.6 Å². The predicted molar refractivity (Wildman–Crippen MR) is 94.5 cm³/mol. The van der Waals surface area contributed by atoms with E-state index in [1.54, 1.807) is 6.92 Å². The second-order valence-electron chi connectivity index (χ2n) is 6.51. The first-order valence-corrected chi connectivity index (χ1v) is 9.49. The van der Waals surface area contributed by atoms with Crippen LogP contribution in [0.1, 0.15) is 25.0 Å². The minimum atomic E-state index is -3.67. The van der Waals surface area contributed by atoms with Crippen LogP contribution >= 0.6 is 15.9 Å². The zero-order valence-electron chi connectivity index (χ0n) is 13.2. The predicted octanol–water partition coefficient (Wildman–Crippen LogP) is 3.95. The summed E-state index contributed by atoms with van der Waals surface area (Å²) >= 11 is 3.45. The normalized spacial score (nSPS) is 16.4. The van der Waals surface area contributed by atoms with Crippen molar-refractivity contribution in [3.63, 3.8) is 0 Å². The molecule has 122 valence electrons. The van der Waals surface area contributed by atoms with Gasteiger partial charge in [0.1, 0.15) is 5.75 Å². The van der Waals surface area contributed by atoms with Crippen LogP contribution in [0.25, 0.3) is 0 Å². The monoisotopic (exact) mass is 395 g/mol. The Bertz CT molecular complexity index is 891. The molecule has 0 aliphatic carbocycles. The molecule has 4 nitrogen and oxygen atoms in total. The number of sulfonamides is 1. The molecule has 1 aliphatic heterocycles. The van der Waals surface area contributed by atoms with Crippen LogP contribution in [0.4, 0.5) is 5.69 Å². The lowest BCUT2D eigenvalue weighted by Gasteiger charge is -2.22. The molecule has 0 amide bonds. The van der Waals surface area contributed by atoms with E-state index < -0.39 is 10.0 Å². The lowest BCUT2D eigenvalue weighted by molar-refractivity contribution is 0.470. The second kappa shape index (κ2) is 5.24. The molecule has 3 rings (SSSR count). The lowest BCUT2D eigenvalue weighted by atomic mass is 9.87. The van der Waals surface area contributed by atoms with E-state index in [0.717, 1.165) is 10.0 Å². The summed E-state index contributed by atoms with van der Waals surface area (Å²) in [7, 11) is -3.67. The van der Waals surface area contributed by atoms with E-state index in [-0.39, 0.29) is 16.1 Å². The Morgan fingerprint density at radius 2 is 1.87 bits per heavy atom. The van der Waals surface area contributed by atoms with E-state index >= 15 is 0 Å². The summed E-state index contributed by atoms with van der Waals surface area (Å²) in [5.74, 6) is 0.0926. The van der Waals surface area contributed by atoms with Gasteiger partial charge in [0.15, 0.2) is 0 Å². The first kappa shape index (κ1) is 16.3. The molecule has 0 saturated heterocycles. The number of anilines is 1. The van der Waals surface area contributed by atoms with Crippen LogP contribution in [0.3, 0.4) is 0 Å². The van der Waals surface area contributed by atoms with E-state index in [2.05, 4.69) is 15.9 Å². The van der Waals surface area contributed by atoms with Gasteiger partial charge in [0.05, 0.1) is 10.6 Å². The van der Waals surface area contributed by atoms with Gasteiger partial charge in [0, 0.05) is 16.4 Å². The number of phenolic OH excluding ortho intramolecular Hbond substituents is 1. The van der Waals surface area contributed by atoms with E-state index in [4.69, 9.17) is 0 Å². The summed E-state index contributed by atoms with van der Waals surface area (Å²) < 4.78 is 28.5. The fraction of sp³-hybridized carbons (Fsp3) is 0.294.